The van der Waals surface area contributed by atoms with Crippen LogP contribution >= 0.6 is 0 Å². The molecule has 2 rings (SSSR count). The molecule has 2 aromatic rings. The molecular weight excluding hydrogens is 236 g/mol. The van der Waals surface area contributed by atoms with Crippen LogP contribution in [0.1, 0.15) is 31.0 Å². The lowest BCUT2D eigenvalue weighted by Crippen LogP contribution is -2.26. The van der Waals surface area contributed by atoms with Gasteiger partial charge >= 0.3 is 0 Å². The first kappa shape index (κ1) is 14.0. The van der Waals surface area contributed by atoms with Crippen molar-refractivity contribution in [2.24, 2.45) is 0 Å². The highest BCUT2D eigenvalue weighted by atomic mass is 16.3. The molecule has 1 aromatic heterocycles. The number of aliphatic hydroxyl groups is 1. The van der Waals surface area contributed by atoms with Crippen LogP contribution in [0, 0.1) is 6.92 Å². The molecule has 3 heteroatoms. The molecule has 0 bridgehead atoms. The number of aromatic nitrogens is 1. The number of nitrogens with one attached hydrogen (secondary N) is 1. The smallest absolute Gasteiger partial charge is 0.0708 e. The van der Waals surface area contributed by atoms with Gasteiger partial charge in [-0.05, 0) is 31.0 Å². The van der Waals surface area contributed by atoms with E-state index in [0.29, 0.717) is 6.54 Å². The van der Waals surface area contributed by atoms with E-state index in [0.717, 1.165) is 30.6 Å². The number of aliphatic hydroxyl groups excluding tert-OH is 1. The lowest BCUT2D eigenvalue weighted by Gasteiger charge is -2.12. The minimum absolute atomic E-state index is 0.251. The molecule has 0 radical (unpaired) electrons. The third kappa shape index (κ3) is 3.75. The minimum Gasteiger partial charge on any atom is -0.392 e. The highest BCUT2D eigenvalue weighted by Gasteiger charge is 2.05. The van der Waals surface area contributed by atoms with E-state index in [-0.39, 0.29) is 6.10 Å². The van der Waals surface area contributed by atoms with Gasteiger partial charge in [-0.3, -0.25) is 4.98 Å². The average Bonchev–Trinajstić information content (AvgIpc) is 2.38. The molecular formula is C16H22N2O. The van der Waals surface area contributed by atoms with Crippen LogP contribution in [-0.2, 0) is 6.54 Å². The Hall–Kier alpha value is -1.45. The Morgan fingerprint density at radius 1 is 1.32 bits per heavy atom. The second kappa shape index (κ2) is 6.64. The van der Waals surface area contributed by atoms with Crippen molar-refractivity contribution < 1.29 is 5.11 Å². The van der Waals surface area contributed by atoms with Gasteiger partial charge < -0.3 is 10.4 Å². The zero-order valence-electron chi connectivity index (χ0n) is 11.7. The molecule has 0 aliphatic heterocycles. The molecule has 1 heterocycles. The number of para-hydroxylation sites is 1. The van der Waals surface area contributed by atoms with Crippen LogP contribution < -0.4 is 5.32 Å². The zero-order chi connectivity index (χ0) is 13.7. The van der Waals surface area contributed by atoms with Crippen LogP contribution in [0.2, 0.25) is 0 Å². The maximum Gasteiger partial charge on any atom is 0.0708 e. The van der Waals surface area contributed by atoms with Crippen LogP contribution in [0.25, 0.3) is 10.9 Å². The lowest BCUT2D eigenvalue weighted by atomic mass is 10.1. The van der Waals surface area contributed by atoms with Crippen LogP contribution in [0.5, 0.6) is 0 Å². The molecule has 1 atom stereocenters. The van der Waals surface area contributed by atoms with Gasteiger partial charge in [-0.2, -0.15) is 0 Å². The molecule has 1 aromatic carbocycles. The summed E-state index contributed by atoms with van der Waals surface area (Å²) in [7, 11) is 0. The van der Waals surface area contributed by atoms with Crippen molar-refractivity contribution in [2.75, 3.05) is 6.54 Å². The third-order valence-electron chi connectivity index (χ3n) is 3.25. The predicted molar refractivity (Wildman–Crippen MR) is 79.1 cm³/mol. The molecule has 0 aliphatic carbocycles. The van der Waals surface area contributed by atoms with E-state index in [1.54, 1.807) is 0 Å². The van der Waals surface area contributed by atoms with Gasteiger partial charge in [-0.1, -0.05) is 31.5 Å². The highest BCUT2D eigenvalue weighted by molar-refractivity contribution is 5.82. The molecule has 2 N–H and O–H groups in total. The number of hydrogen-bond acceptors (Lipinski definition) is 3. The van der Waals surface area contributed by atoms with Gasteiger partial charge in [-0.25, -0.2) is 0 Å². The predicted octanol–water partition coefficient (Wildman–Crippen LogP) is 2.79. The van der Waals surface area contributed by atoms with Gasteiger partial charge in [0.15, 0.2) is 0 Å². The Morgan fingerprint density at radius 3 is 2.89 bits per heavy atom. The van der Waals surface area contributed by atoms with Crippen LogP contribution in [-0.4, -0.2) is 22.7 Å². The van der Waals surface area contributed by atoms with Crippen molar-refractivity contribution in [3.8, 4) is 0 Å². The quantitative estimate of drug-likeness (QED) is 0.837. The first-order chi connectivity index (χ1) is 9.20. The minimum atomic E-state index is -0.251. The third-order valence-corrected chi connectivity index (χ3v) is 3.25. The summed E-state index contributed by atoms with van der Waals surface area (Å²) in [5.74, 6) is 0. The van der Waals surface area contributed by atoms with Gasteiger partial charge in [0, 0.05) is 24.2 Å². The monoisotopic (exact) mass is 258 g/mol. The largest absolute Gasteiger partial charge is 0.392 e. The van der Waals surface area contributed by atoms with Crippen LogP contribution in [0.3, 0.4) is 0 Å². The van der Waals surface area contributed by atoms with Gasteiger partial charge in [0.2, 0.25) is 0 Å². The number of rotatable bonds is 6. The standard InChI is InChI=1S/C16H22N2O/c1-3-6-14(19)11-17-10-13-9-12(2)18-16-8-5-4-7-15(13)16/h4-5,7-9,14,17,19H,3,6,10-11H2,1-2H3. The maximum atomic E-state index is 9.72. The molecule has 0 amide bonds. The van der Waals surface area contributed by atoms with Crippen molar-refractivity contribution in [3.63, 3.8) is 0 Å². The second-order valence-electron chi connectivity index (χ2n) is 5.01. The SMILES string of the molecule is CCCC(O)CNCc1cc(C)nc2ccccc12. The summed E-state index contributed by atoms with van der Waals surface area (Å²) in [5.41, 5.74) is 3.31. The fraction of sp³-hybridized carbons (Fsp3) is 0.438. The van der Waals surface area contributed by atoms with Gasteiger partial charge in [0.25, 0.3) is 0 Å². The van der Waals surface area contributed by atoms with Crippen LogP contribution in [0.15, 0.2) is 30.3 Å². The van der Waals surface area contributed by atoms with Crippen molar-refractivity contribution in [2.45, 2.75) is 39.3 Å². The summed E-state index contributed by atoms with van der Waals surface area (Å²) in [5, 5.41) is 14.2. The number of aryl methyl sites for hydroxylation is 1. The van der Waals surface area contributed by atoms with Crippen molar-refractivity contribution in [3.05, 3.63) is 41.6 Å². The van der Waals surface area contributed by atoms with Gasteiger partial charge in [0.05, 0.1) is 11.6 Å². The maximum absolute atomic E-state index is 9.72. The molecule has 102 valence electrons. The van der Waals surface area contributed by atoms with E-state index in [2.05, 4.69) is 29.4 Å². The first-order valence-corrected chi connectivity index (χ1v) is 6.94. The summed E-state index contributed by atoms with van der Waals surface area (Å²) >= 11 is 0. The summed E-state index contributed by atoms with van der Waals surface area (Å²) < 4.78 is 0. The van der Waals surface area contributed by atoms with E-state index in [4.69, 9.17) is 0 Å². The second-order valence-corrected chi connectivity index (χ2v) is 5.01. The fourth-order valence-corrected chi connectivity index (χ4v) is 2.35. The fourth-order valence-electron chi connectivity index (χ4n) is 2.35. The molecule has 0 spiro atoms. The Morgan fingerprint density at radius 2 is 2.11 bits per heavy atom. The summed E-state index contributed by atoms with van der Waals surface area (Å²) in [6, 6.07) is 10.3. The topological polar surface area (TPSA) is 45.1 Å². The van der Waals surface area contributed by atoms with Crippen LogP contribution in [0.4, 0.5) is 0 Å². The Balaban J connectivity index is 2.08. The van der Waals surface area contributed by atoms with Gasteiger partial charge in [-0.15, -0.1) is 0 Å². The molecule has 3 nitrogen and oxygen atoms in total. The number of hydrogen-bond donors (Lipinski definition) is 2. The van der Waals surface area contributed by atoms with E-state index in [9.17, 15) is 5.11 Å². The molecule has 0 fully saturated rings. The molecule has 0 aliphatic rings. The average molecular weight is 258 g/mol. The van der Waals surface area contributed by atoms with Gasteiger partial charge in [0.1, 0.15) is 0 Å². The highest BCUT2D eigenvalue weighted by Crippen LogP contribution is 2.17. The number of nitrogens with zero attached hydrogens (tertiary/aromatic N) is 1. The Bertz CT molecular complexity index is 539. The van der Waals surface area contributed by atoms with E-state index in [1.165, 1.54) is 10.9 Å². The number of pyridine rings is 1. The summed E-state index contributed by atoms with van der Waals surface area (Å²) in [6.45, 7) is 5.51. The first-order valence-electron chi connectivity index (χ1n) is 6.94. The molecule has 19 heavy (non-hydrogen) atoms. The van der Waals surface area contributed by atoms with E-state index < -0.39 is 0 Å². The normalized spacial score (nSPS) is 12.8. The molecule has 0 saturated heterocycles. The lowest BCUT2D eigenvalue weighted by molar-refractivity contribution is 0.160. The summed E-state index contributed by atoms with van der Waals surface area (Å²) in [6.07, 6.45) is 1.61. The number of fused-ring (bicyclic) bond motifs is 1. The van der Waals surface area contributed by atoms with Crippen molar-refractivity contribution in [1.29, 1.82) is 0 Å². The molecule has 0 saturated carbocycles. The molecule has 1 unspecified atom stereocenters. The van der Waals surface area contributed by atoms with E-state index in [1.807, 2.05) is 25.1 Å². The Labute approximate surface area is 114 Å². The van der Waals surface area contributed by atoms with Crippen molar-refractivity contribution in [1.82, 2.24) is 10.3 Å². The Kier molecular flexibility index (Phi) is 4.88. The summed E-state index contributed by atoms with van der Waals surface area (Å²) in [4.78, 5) is 4.53. The van der Waals surface area contributed by atoms with Crippen molar-refractivity contribution >= 4 is 10.9 Å². The van der Waals surface area contributed by atoms with E-state index >= 15 is 0 Å². The zero-order valence-corrected chi connectivity index (χ0v) is 11.7. The number of benzene rings is 1.